The zero-order chi connectivity index (χ0) is 17.8. The van der Waals surface area contributed by atoms with Crippen LogP contribution in [0.1, 0.15) is 16.2 Å². The molecule has 3 N–H and O–H groups in total. The van der Waals surface area contributed by atoms with Gasteiger partial charge in [-0.05, 0) is 25.1 Å². The summed E-state index contributed by atoms with van der Waals surface area (Å²) in [6.45, 7) is 1.82. The van der Waals surface area contributed by atoms with E-state index in [4.69, 9.17) is 5.73 Å². The van der Waals surface area contributed by atoms with Crippen molar-refractivity contribution < 1.29 is 9.59 Å². The van der Waals surface area contributed by atoms with Crippen molar-refractivity contribution in [1.82, 2.24) is 9.97 Å². The van der Waals surface area contributed by atoms with Gasteiger partial charge in [0.25, 0.3) is 5.91 Å². The number of nitrogens with two attached hydrogens (primary N) is 1. The second kappa shape index (κ2) is 7.31. The van der Waals surface area contributed by atoms with Gasteiger partial charge in [-0.3, -0.25) is 9.59 Å². The van der Waals surface area contributed by atoms with Gasteiger partial charge < -0.3 is 11.1 Å². The molecule has 3 aromatic rings. The Balaban J connectivity index is 1.75. The molecule has 126 valence electrons. The van der Waals surface area contributed by atoms with Gasteiger partial charge in [-0.15, -0.1) is 0 Å². The fourth-order valence-electron chi connectivity index (χ4n) is 2.40. The molecule has 1 aromatic heterocycles. The number of aryl methyl sites for hydroxylation is 1. The lowest BCUT2D eigenvalue weighted by atomic mass is 10.1. The number of carbonyl (C=O) groups excluding carboxylic acids is 2. The summed E-state index contributed by atoms with van der Waals surface area (Å²) in [4.78, 5) is 32.5. The second-order valence-electron chi connectivity index (χ2n) is 5.34. The van der Waals surface area contributed by atoms with Gasteiger partial charge in [0.2, 0.25) is 5.91 Å². The first-order valence-corrected chi connectivity index (χ1v) is 8.58. The van der Waals surface area contributed by atoms with E-state index in [1.165, 1.54) is 11.8 Å². The normalized spacial score (nSPS) is 10.6. The summed E-state index contributed by atoms with van der Waals surface area (Å²) >= 11 is 1.33. The van der Waals surface area contributed by atoms with E-state index >= 15 is 0 Å². The van der Waals surface area contributed by atoms with Crippen molar-refractivity contribution in [3.63, 3.8) is 0 Å². The summed E-state index contributed by atoms with van der Waals surface area (Å²) in [6.07, 6.45) is 0. The molecular formula is C18H16N4O2S. The Morgan fingerprint density at radius 3 is 2.60 bits per heavy atom. The minimum Gasteiger partial charge on any atom is -0.366 e. The van der Waals surface area contributed by atoms with E-state index in [-0.39, 0.29) is 17.2 Å². The number of benzene rings is 2. The molecule has 0 saturated heterocycles. The van der Waals surface area contributed by atoms with E-state index in [1.807, 2.05) is 31.2 Å². The Morgan fingerprint density at radius 1 is 1.08 bits per heavy atom. The molecule has 2 aromatic carbocycles. The smallest absolute Gasteiger partial charge is 0.250 e. The molecule has 25 heavy (non-hydrogen) atoms. The maximum atomic E-state index is 12.3. The average molecular weight is 352 g/mol. The van der Waals surface area contributed by atoms with Crippen molar-refractivity contribution in [2.75, 3.05) is 11.1 Å². The highest BCUT2D eigenvalue weighted by Crippen LogP contribution is 2.25. The third-order valence-corrected chi connectivity index (χ3v) is 4.48. The van der Waals surface area contributed by atoms with Gasteiger partial charge in [-0.2, -0.15) is 0 Å². The number of amides is 2. The van der Waals surface area contributed by atoms with Gasteiger partial charge in [-0.1, -0.05) is 42.1 Å². The first-order chi connectivity index (χ1) is 12.0. The van der Waals surface area contributed by atoms with Gasteiger partial charge in [0.1, 0.15) is 10.9 Å². The van der Waals surface area contributed by atoms with Gasteiger partial charge in [0.15, 0.2) is 0 Å². The summed E-state index contributed by atoms with van der Waals surface area (Å²) in [5.74, 6) is -0.00576. The monoisotopic (exact) mass is 352 g/mol. The second-order valence-corrected chi connectivity index (χ2v) is 6.30. The SMILES string of the molecule is Cc1nc(SCC(=O)Nc2ccccc2C(N)=O)c2ccccc2n1. The number of anilines is 1. The van der Waals surface area contributed by atoms with Gasteiger partial charge in [-0.25, -0.2) is 9.97 Å². The number of para-hydroxylation sites is 2. The standard InChI is InChI=1S/C18H16N4O2S/c1-11-20-15-9-5-3-7-13(15)18(21-11)25-10-16(23)22-14-8-4-2-6-12(14)17(19)24/h2-9H,10H2,1H3,(H2,19,24)(H,22,23). The predicted molar refractivity (Wildman–Crippen MR) is 98.6 cm³/mol. The summed E-state index contributed by atoms with van der Waals surface area (Å²) in [7, 11) is 0. The minimum atomic E-state index is -0.582. The zero-order valence-electron chi connectivity index (χ0n) is 13.5. The maximum Gasteiger partial charge on any atom is 0.250 e. The third-order valence-electron chi connectivity index (χ3n) is 3.49. The maximum absolute atomic E-state index is 12.3. The summed E-state index contributed by atoms with van der Waals surface area (Å²) < 4.78 is 0. The van der Waals surface area contributed by atoms with Crippen LogP contribution in [0.4, 0.5) is 5.69 Å². The summed E-state index contributed by atoms with van der Waals surface area (Å²) in [5.41, 5.74) is 6.85. The van der Waals surface area contributed by atoms with Crippen LogP contribution in [0.25, 0.3) is 10.9 Å². The molecule has 6 nitrogen and oxygen atoms in total. The quantitative estimate of drug-likeness (QED) is 0.543. The number of thioether (sulfide) groups is 1. The number of rotatable bonds is 5. The molecule has 0 atom stereocenters. The highest BCUT2D eigenvalue weighted by Gasteiger charge is 2.12. The highest BCUT2D eigenvalue weighted by atomic mass is 32.2. The Morgan fingerprint density at radius 2 is 1.80 bits per heavy atom. The molecule has 0 radical (unpaired) electrons. The Labute approximate surface area is 148 Å². The van der Waals surface area contributed by atoms with Crippen molar-refractivity contribution in [2.45, 2.75) is 11.9 Å². The van der Waals surface area contributed by atoms with E-state index in [2.05, 4.69) is 15.3 Å². The fourth-order valence-corrected chi connectivity index (χ4v) is 3.26. The van der Waals surface area contributed by atoms with Crippen LogP contribution in [-0.2, 0) is 4.79 Å². The number of fused-ring (bicyclic) bond motifs is 1. The van der Waals surface area contributed by atoms with Crippen molar-refractivity contribution in [3.8, 4) is 0 Å². The molecule has 0 unspecified atom stereocenters. The number of nitrogens with zero attached hydrogens (tertiary/aromatic N) is 2. The molecule has 0 spiro atoms. The molecule has 2 amide bonds. The van der Waals surface area contributed by atoms with Gasteiger partial charge >= 0.3 is 0 Å². The largest absolute Gasteiger partial charge is 0.366 e. The number of primary amides is 1. The Hall–Kier alpha value is -2.93. The molecule has 0 fully saturated rings. The van der Waals surface area contributed by atoms with Crippen molar-refractivity contribution in [2.24, 2.45) is 5.73 Å². The Kier molecular flexibility index (Phi) is 4.95. The Bertz CT molecular complexity index is 959. The molecular weight excluding hydrogens is 336 g/mol. The van der Waals surface area contributed by atoms with E-state index < -0.39 is 5.91 Å². The number of carbonyl (C=O) groups is 2. The van der Waals surface area contributed by atoms with Crippen LogP contribution in [0.15, 0.2) is 53.6 Å². The van der Waals surface area contributed by atoms with Crippen LogP contribution in [-0.4, -0.2) is 27.5 Å². The number of hydrogen-bond acceptors (Lipinski definition) is 5. The van der Waals surface area contributed by atoms with Crippen LogP contribution in [0.5, 0.6) is 0 Å². The van der Waals surface area contributed by atoms with Crippen molar-refractivity contribution in [3.05, 3.63) is 59.9 Å². The zero-order valence-corrected chi connectivity index (χ0v) is 14.3. The van der Waals surface area contributed by atoms with E-state index in [9.17, 15) is 9.59 Å². The first-order valence-electron chi connectivity index (χ1n) is 7.59. The molecule has 0 aliphatic heterocycles. The first kappa shape index (κ1) is 16.9. The van der Waals surface area contributed by atoms with Crippen LogP contribution >= 0.6 is 11.8 Å². The van der Waals surface area contributed by atoms with E-state index in [1.54, 1.807) is 24.3 Å². The highest BCUT2D eigenvalue weighted by molar-refractivity contribution is 8.00. The summed E-state index contributed by atoms with van der Waals surface area (Å²) in [5, 5.41) is 4.38. The van der Waals surface area contributed by atoms with E-state index in [0.29, 0.717) is 11.5 Å². The lowest BCUT2D eigenvalue weighted by molar-refractivity contribution is -0.113. The summed E-state index contributed by atoms with van der Waals surface area (Å²) in [6, 6.07) is 14.3. The van der Waals surface area contributed by atoms with Crippen LogP contribution in [0, 0.1) is 6.92 Å². The molecule has 7 heteroatoms. The average Bonchev–Trinajstić information content (AvgIpc) is 2.59. The van der Waals surface area contributed by atoms with Crippen molar-refractivity contribution >= 4 is 40.2 Å². The lowest BCUT2D eigenvalue weighted by Gasteiger charge is -2.09. The molecule has 1 heterocycles. The van der Waals surface area contributed by atoms with Crippen LogP contribution in [0.3, 0.4) is 0 Å². The number of hydrogen-bond donors (Lipinski definition) is 2. The topological polar surface area (TPSA) is 98.0 Å². The molecule has 0 bridgehead atoms. The number of aromatic nitrogens is 2. The lowest BCUT2D eigenvalue weighted by Crippen LogP contribution is -2.19. The predicted octanol–water partition coefficient (Wildman–Crippen LogP) is 2.77. The number of nitrogens with one attached hydrogen (secondary N) is 1. The third kappa shape index (κ3) is 3.95. The minimum absolute atomic E-state index is 0.160. The molecule has 0 aliphatic carbocycles. The molecule has 0 aliphatic rings. The van der Waals surface area contributed by atoms with E-state index in [0.717, 1.165) is 15.9 Å². The van der Waals surface area contributed by atoms with Crippen LogP contribution < -0.4 is 11.1 Å². The molecule has 0 saturated carbocycles. The van der Waals surface area contributed by atoms with Crippen molar-refractivity contribution in [1.29, 1.82) is 0 Å². The van der Waals surface area contributed by atoms with Gasteiger partial charge in [0.05, 0.1) is 22.5 Å². The van der Waals surface area contributed by atoms with Gasteiger partial charge in [0, 0.05) is 5.39 Å². The fraction of sp³-hybridized carbons (Fsp3) is 0.111. The van der Waals surface area contributed by atoms with Crippen LogP contribution in [0.2, 0.25) is 0 Å². The molecule has 3 rings (SSSR count).